The fourth-order valence-electron chi connectivity index (χ4n) is 3.03. The summed E-state index contributed by atoms with van der Waals surface area (Å²) in [6.07, 6.45) is 1.04. The van der Waals surface area contributed by atoms with Crippen LogP contribution in [0.25, 0.3) is 0 Å². The molecule has 5 nitrogen and oxygen atoms in total. The van der Waals surface area contributed by atoms with Gasteiger partial charge in [0, 0.05) is 18.9 Å². The van der Waals surface area contributed by atoms with E-state index in [1.807, 2.05) is 0 Å². The van der Waals surface area contributed by atoms with Crippen molar-refractivity contribution in [3.05, 3.63) is 69.4 Å². The molecule has 126 valence electrons. The van der Waals surface area contributed by atoms with E-state index in [4.69, 9.17) is 4.74 Å². The van der Waals surface area contributed by atoms with Crippen molar-refractivity contribution in [1.82, 2.24) is 10.3 Å². The molecule has 0 spiro atoms. The van der Waals surface area contributed by atoms with E-state index in [9.17, 15) is 14.0 Å². The summed E-state index contributed by atoms with van der Waals surface area (Å²) in [5.41, 5.74) is 0.233. The number of aryl methyl sites for hydroxylation is 1. The van der Waals surface area contributed by atoms with Crippen molar-refractivity contribution in [3.8, 4) is 0 Å². The first kappa shape index (κ1) is 16.4. The van der Waals surface area contributed by atoms with Gasteiger partial charge in [-0.15, -0.1) is 0 Å². The van der Waals surface area contributed by atoms with E-state index in [0.29, 0.717) is 37.3 Å². The summed E-state index contributed by atoms with van der Waals surface area (Å²) in [5, 5.41) is 2.95. The molecule has 1 fully saturated rings. The van der Waals surface area contributed by atoms with Crippen LogP contribution >= 0.6 is 0 Å². The van der Waals surface area contributed by atoms with E-state index in [-0.39, 0.29) is 11.4 Å². The van der Waals surface area contributed by atoms with Crippen molar-refractivity contribution < 1.29 is 13.9 Å². The number of hydrogen-bond donors (Lipinski definition) is 2. The molecule has 1 amide bonds. The van der Waals surface area contributed by atoms with Crippen LogP contribution < -0.4 is 10.9 Å². The third kappa shape index (κ3) is 3.23. The van der Waals surface area contributed by atoms with Gasteiger partial charge in [-0.25, -0.2) is 4.39 Å². The lowest BCUT2D eigenvalue weighted by atomic mass is 9.82. The van der Waals surface area contributed by atoms with E-state index in [1.165, 1.54) is 18.2 Å². The molecule has 1 aliphatic heterocycles. The van der Waals surface area contributed by atoms with Gasteiger partial charge in [-0.1, -0.05) is 12.1 Å². The molecule has 1 aromatic heterocycles. The monoisotopic (exact) mass is 330 g/mol. The second-order valence-corrected chi connectivity index (χ2v) is 6.04. The van der Waals surface area contributed by atoms with Crippen molar-refractivity contribution >= 4 is 5.91 Å². The third-order valence-corrected chi connectivity index (χ3v) is 4.38. The van der Waals surface area contributed by atoms with E-state index in [2.05, 4.69) is 10.3 Å². The number of benzene rings is 1. The van der Waals surface area contributed by atoms with Gasteiger partial charge in [0.1, 0.15) is 11.4 Å². The largest absolute Gasteiger partial charge is 0.381 e. The van der Waals surface area contributed by atoms with Gasteiger partial charge in [0.25, 0.3) is 11.5 Å². The average molecular weight is 330 g/mol. The van der Waals surface area contributed by atoms with Gasteiger partial charge < -0.3 is 15.0 Å². The number of nitrogens with one attached hydrogen (secondary N) is 2. The van der Waals surface area contributed by atoms with Crippen LogP contribution in [0.15, 0.2) is 41.2 Å². The van der Waals surface area contributed by atoms with Crippen molar-refractivity contribution in [3.63, 3.8) is 0 Å². The Kier molecular flexibility index (Phi) is 4.49. The first-order valence-electron chi connectivity index (χ1n) is 7.86. The molecule has 2 aromatic rings. The zero-order valence-electron chi connectivity index (χ0n) is 13.4. The number of rotatable bonds is 3. The van der Waals surface area contributed by atoms with Crippen LogP contribution in [0.5, 0.6) is 0 Å². The number of H-pyrrole nitrogens is 1. The number of carbonyl (C=O) groups is 1. The van der Waals surface area contributed by atoms with Crippen molar-refractivity contribution in [1.29, 1.82) is 0 Å². The fraction of sp³-hybridized carbons (Fsp3) is 0.333. The molecule has 6 heteroatoms. The first-order chi connectivity index (χ1) is 11.5. The maximum atomic E-state index is 13.7. The number of pyridine rings is 1. The van der Waals surface area contributed by atoms with E-state index < -0.39 is 17.0 Å². The molecule has 0 atom stereocenters. The van der Waals surface area contributed by atoms with Crippen LogP contribution in [0.3, 0.4) is 0 Å². The Bertz CT molecular complexity index is 810. The smallest absolute Gasteiger partial charge is 0.260 e. The SMILES string of the molecule is Cc1ccc(C(=O)NC2(c3cccc(F)c3)CCOCC2)c(=O)[nH]1. The van der Waals surface area contributed by atoms with Gasteiger partial charge in [-0.2, -0.15) is 0 Å². The lowest BCUT2D eigenvalue weighted by Crippen LogP contribution is -2.50. The Labute approximate surface area is 138 Å². The van der Waals surface area contributed by atoms with E-state index in [0.717, 1.165) is 0 Å². The van der Waals surface area contributed by atoms with Crippen molar-refractivity contribution in [2.75, 3.05) is 13.2 Å². The minimum Gasteiger partial charge on any atom is -0.381 e. The molecule has 1 saturated heterocycles. The van der Waals surface area contributed by atoms with Gasteiger partial charge in [-0.3, -0.25) is 9.59 Å². The maximum Gasteiger partial charge on any atom is 0.260 e. The molecular weight excluding hydrogens is 311 g/mol. The maximum absolute atomic E-state index is 13.7. The molecule has 0 aliphatic carbocycles. The Morgan fingerprint density at radius 2 is 2.00 bits per heavy atom. The predicted molar refractivity (Wildman–Crippen MR) is 87.4 cm³/mol. The molecule has 0 unspecified atom stereocenters. The molecule has 0 radical (unpaired) electrons. The summed E-state index contributed by atoms with van der Waals surface area (Å²) >= 11 is 0. The van der Waals surface area contributed by atoms with Crippen LogP contribution in [0.1, 0.15) is 34.5 Å². The Balaban J connectivity index is 1.95. The zero-order valence-corrected chi connectivity index (χ0v) is 13.4. The fourth-order valence-corrected chi connectivity index (χ4v) is 3.03. The number of hydrogen-bond acceptors (Lipinski definition) is 3. The Hall–Kier alpha value is -2.47. The highest BCUT2D eigenvalue weighted by atomic mass is 19.1. The summed E-state index contributed by atoms with van der Waals surface area (Å²) in [7, 11) is 0. The zero-order chi connectivity index (χ0) is 17.2. The molecule has 1 aromatic carbocycles. The number of ether oxygens (including phenoxy) is 1. The van der Waals surface area contributed by atoms with Crippen LogP contribution in [-0.4, -0.2) is 24.1 Å². The highest BCUT2D eigenvalue weighted by Gasteiger charge is 2.36. The summed E-state index contributed by atoms with van der Waals surface area (Å²) < 4.78 is 19.1. The number of carbonyl (C=O) groups excluding carboxylic acids is 1. The van der Waals surface area contributed by atoms with Gasteiger partial charge in [0.05, 0.1) is 5.54 Å². The van der Waals surface area contributed by atoms with Crippen molar-refractivity contribution in [2.45, 2.75) is 25.3 Å². The molecule has 2 N–H and O–H groups in total. The summed E-state index contributed by atoms with van der Waals surface area (Å²) in [6, 6.07) is 9.37. The van der Waals surface area contributed by atoms with Crippen LogP contribution in [0, 0.1) is 12.7 Å². The quantitative estimate of drug-likeness (QED) is 0.907. The Morgan fingerprint density at radius 3 is 2.67 bits per heavy atom. The van der Waals surface area contributed by atoms with E-state index in [1.54, 1.807) is 25.1 Å². The van der Waals surface area contributed by atoms with Crippen molar-refractivity contribution in [2.24, 2.45) is 0 Å². The van der Waals surface area contributed by atoms with Crippen LogP contribution in [-0.2, 0) is 10.3 Å². The number of aromatic amines is 1. The van der Waals surface area contributed by atoms with Gasteiger partial charge >= 0.3 is 0 Å². The lowest BCUT2D eigenvalue weighted by Gasteiger charge is -2.38. The minimum absolute atomic E-state index is 0.0443. The second-order valence-electron chi connectivity index (χ2n) is 6.04. The van der Waals surface area contributed by atoms with Crippen LogP contribution in [0.2, 0.25) is 0 Å². The predicted octanol–water partition coefficient (Wildman–Crippen LogP) is 2.26. The highest BCUT2D eigenvalue weighted by molar-refractivity contribution is 5.94. The summed E-state index contributed by atoms with van der Waals surface area (Å²) in [5.74, 6) is -0.830. The number of halogens is 1. The third-order valence-electron chi connectivity index (χ3n) is 4.38. The van der Waals surface area contributed by atoms with Gasteiger partial charge in [0.2, 0.25) is 0 Å². The number of aromatic nitrogens is 1. The summed E-state index contributed by atoms with van der Waals surface area (Å²) in [6.45, 7) is 2.66. The summed E-state index contributed by atoms with van der Waals surface area (Å²) in [4.78, 5) is 27.3. The average Bonchev–Trinajstić information content (AvgIpc) is 2.55. The van der Waals surface area contributed by atoms with Gasteiger partial charge in [-0.05, 0) is 49.6 Å². The lowest BCUT2D eigenvalue weighted by molar-refractivity contribution is 0.0344. The molecule has 0 bridgehead atoms. The van der Waals surface area contributed by atoms with Crippen LogP contribution in [0.4, 0.5) is 4.39 Å². The topological polar surface area (TPSA) is 71.2 Å². The second kappa shape index (κ2) is 6.57. The molecule has 0 saturated carbocycles. The minimum atomic E-state index is -0.741. The molecule has 3 rings (SSSR count). The van der Waals surface area contributed by atoms with E-state index >= 15 is 0 Å². The molecule has 24 heavy (non-hydrogen) atoms. The molecule has 1 aliphatic rings. The normalized spacial score (nSPS) is 16.6. The molecular formula is C18H19FN2O3. The number of amides is 1. The molecule has 2 heterocycles. The first-order valence-corrected chi connectivity index (χ1v) is 7.86. The van der Waals surface area contributed by atoms with Gasteiger partial charge in [0.15, 0.2) is 0 Å². The Morgan fingerprint density at radius 1 is 1.25 bits per heavy atom. The standard InChI is InChI=1S/C18H19FN2O3/c1-12-5-6-15(16(22)20-12)17(23)21-18(7-9-24-10-8-18)13-3-2-4-14(19)11-13/h2-6,11H,7-10H2,1H3,(H,20,22)(H,21,23). The highest BCUT2D eigenvalue weighted by Crippen LogP contribution is 2.32.